The van der Waals surface area contributed by atoms with Gasteiger partial charge in [0.25, 0.3) is 0 Å². The fourth-order valence-corrected chi connectivity index (χ4v) is 2.02. The molecule has 0 aliphatic carbocycles. The van der Waals surface area contributed by atoms with Gasteiger partial charge >= 0.3 is 0 Å². The summed E-state index contributed by atoms with van der Waals surface area (Å²) in [7, 11) is 1.57. The molecule has 2 nitrogen and oxygen atoms in total. The molecule has 0 aromatic heterocycles. The molecule has 1 N–H and O–H groups in total. The minimum absolute atomic E-state index is 0.0661. The van der Waals surface area contributed by atoms with Gasteiger partial charge in [-0.25, -0.2) is 4.39 Å². The quantitative estimate of drug-likeness (QED) is 0.868. The highest BCUT2D eigenvalue weighted by Crippen LogP contribution is 2.38. The first-order valence-electron chi connectivity index (χ1n) is 5.97. The van der Waals surface area contributed by atoms with Crippen LogP contribution in [-0.4, -0.2) is 13.7 Å². The van der Waals surface area contributed by atoms with E-state index in [-0.39, 0.29) is 17.3 Å². The summed E-state index contributed by atoms with van der Waals surface area (Å²) in [5, 5.41) is 3.33. The lowest BCUT2D eigenvalue weighted by atomic mass is 9.81. The predicted octanol–water partition coefficient (Wildman–Crippen LogP) is 3.53. The van der Waals surface area contributed by atoms with Crippen molar-refractivity contribution in [1.29, 1.82) is 0 Å². The van der Waals surface area contributed by atoms with Crippen LogP contribution in [0.4, 0.5) is 4.39 Å². The molecule has 0 saturated carbocycles. The van der Waals surface area contributed by atoms with Gasteiger partial charge in [-0.2, -0.15) is 0 Å². The Morgan fingerprint density at radius 1 is 1.35 bits per heavy atom. The normalized spacial score (nSPS) is 13.5. The molecule has 0 aliphatic heterocycles. The Labute approximate surface area is 103 Å². The van der Waals surface area contributed by atoms with E-state index in [0.717, 1.165) is 6.54 Å². The summed E-state index contributed by atoms with van der Waals surface area (Å²) in [6, 6.07) is 4.88. The number of halogens is 1. The van der Waals surface area contributed by atoms with Crippen molar-refractivity contribution in [3.05, 3.63) is 29.6 Å². The second kappa shape index (κ2) is 5.50. The molecule has 0 saturated heterocycles. The lowest BCUT2D eigenvalue weighted by Gasteiger charge is -2.33. The van der Waals surface area contributed by atoms with Crippen molar-refractivity contribution < 1.29 is 9.13 Å². The molecule has 0 amide bonds. The third-order valence-electron chi connectivity index (χ3n) is 2.80. The van der Waals surface area contributed by atoms with Crippen LogP contribution in [0.5, 0.6) is 5.75 Å². The predicted molar refractivity (Wildman–Crippen MR) is 68.8 cm³/mol. The summed E-state index contributed by atoms with van der Waals surface area (Å²) in [5.74, 6) is 0.385. The molecule has 1 aromatic carbocycles. The van der Waals surface area contributed by atoms with E-state index in [9.17, 15) is 4.39 Å². The topological polar surface area (TPSA) is 21.3 Å². The molecule has 0 radical (unpaired) electrons. The van der Waals surface area contributed by atoms with Gasteiger partial charge in [-0.15, -0.1) is 0 Å². The summed E-state index contributed by atoms with van der Waals surface area (Å²) in [6.45, 7) is 9.08. The summed E-state index contributed by atoms with van der Waals surface area (Å²) in [5.41, 5.74) is 0.537. The zero-order chi connectivity index (χ0) is 13.1. The lowest BCUT2D eigenvalue weighted by molar-refractivity contribution is 0.261. The fourth-order valence-electron chi connectivity index (χ4n) is 2.02. The molecule has 0 spiro atoms. The molecule has 0 bridgehead atoms. The summed E-state index contributed by atoms with van der Waals surface area (Å²) in [4.78, 5) is 0. The standard InChI is InChI=1S/C14H22FNO/c1-6-16-13(14(2,3)4)12-10(15)8-7-9-11(12)17-5/h7-9,13,16H,6H2,1-5H3. The van der Waals surface area contributed by atoms with E-state index >= 15 is 0 Å². The molecule has 0 heterocycles. The van der Waals surface area contributed by atoms with Crippen LogP contribution in [0.15, 0.2) is 18.2 Å². The molecule has 0 fully saturated rings. The lowest BCUT2D eigenvalue weighted by Crippen LogP contribution is -2.33. The summed E-state index contributed by atoms with van der Waals surface area (Å²) < 4.78 is 19.3. The average molecular weight is 239 g/mol. The number of ether oxygens (including phenoxy) is 1. The first-order valence-corrected chi connectivity index (χ1v) is 5.97. The van der Waals surface area contributed by atoms with Crippen molar-refractivity contribution in [1.82, 2.24) is 5.32 Å². The third kappa shape index (κ3) is 3.19. The number of nitrogens with one attached hydrogen (secondary N) is 1. The van der Waals surface area contributed by atoms with E-state index in [1.165, 1.54) is 6.07 Å². The highest BCUT2D eigenvalue weighted by Gasteiger charge is 2.30. The number of rotatable bonds is 4. The zero-order valence-corrected chi connectivity index (χ0v) is 11.3. The van der Waals surface area contributed by atoms with Gasteiger partial charge in [0.2, 0.25) is 0 Å². The molecule has 1 atom stereocenters. The van der Waals surface area contributed by atoms with Crippen LogP contribution in [0.3, 0.4) is 0 Å². The van der Waals surface area contributed by atoms with Gasteiger partial charge in [0.1, 0.15) is 11.6 Å². The maximum Gasteiger partial charge on any atom is 0.131 e. The molecule has 17 heavy (non-hydrogen) atoms. The molecule has 3 heteroatoms. The van der Waals surface area contributed by atoms with Crippen molar-refractivity contribution in [3.63, 3.8) is 0 Å². The van der Waals surface area contributed by atoms with Gasteiger partial charge < -0.3 is 10.1 Å². The van der Waals surface area contributed by atoms with Crippen LogP contribution in [0.25, 0.3) is 0 Å². The van der Waals surface area contributed by atoms with Crippen molar-refractivity contribution in [3.8, 4) is 5.75 Å². The molecule has 0 aliphatic rings. The largest absolute Gasteiger partial charge is 0.496 e. The Bertz CT molecular complexity index is 371. The van der Waals surface area contributed by atoms with E-state index in [1.807, 2.05) is 6.92 Å². The Balaban J connectivity index is 3.26. The number of hydrogen-bond donors (Lipinski definition) is 1. The van der Waals surface area contributed by atoms with Gasteiger partial charge in [0.05, 0.1) is 7.11 Å². The molecular weight excluding hydrogens is 217 g/mol. The fraction of sp³-hybridized carbons (Fsp3) is 0.571. The van der Waals surface area contributed by atoms with Crippen LogP contribution in [-0.2, 0) is 0 Å². The van der Waals surface area contributed by atoms with Crippen LogP contribution in [0.2, 0.25) is 0 Å². The molecule has 1 unspecified atom stereocenters. The van der Waals surface area contributed by atoms with E-state index in [2.05, 4.69) is 26.1 Å². The van der Waals surface area contributed by atoms with Crippen molar-refractivity contribution in [2.24, 2.45) is 5.41 Å². The highest BCUT2D eigenvalue weighted by molar-refractivity contribution is 5.38. The number of hydrogen-bond acceptors (Lipinski definition) is 2. The van der Waals surface area contributed by atoms with Crippen molar-refractivity contribution >= 4 is 0 Å². The first kappa shape index (κ1) is 14.0. The Morgan fingerprint density at radius 2 is 2.00 bits per heavy atom. The van der Waals surface area contributed by atoms with Gasteiger partial charge in [-0.3, -0.25) is 0 Å². The monoisotopic (exact) mass is 239 g/mol. The smallest absolute Gasteiger partial charge is 0.131 e. The Morgan fingerprint density at radius 3 is 2.47 bits per heavy atom. The van der Waals surface area contributed by atoms with Gasteiger partial charge in [0.15, 0.2) is 0 Å². The maximum atomic E-state index is 14.0. The van der Waals surface area contributed by atoms with Crippen LogP contribution < -0.4 is 10.1 Å². The van der Waals surface area contributed by atoms with Crippen LogP contribution in [0, 0.1) is 11.2 Å². The third-order valence-corrected chi connectivity index (χ3v) is 2.80. The second-order valence-corrected chi connectivity index (χ2v) is 5.21. The number of benzene rings is 1. The van der Waals surface area contributed by atoms with E-state index in [1.54, 1.807) is 19.2 Å². The maximum absolute atomic E-state index is 14.0. The van der Waals surface area contributed by atoms with Gasteiger partial charge in [-0.05, 0) is 24.1 Å². The zero-order valence-electron chi connectivity index (χ0n) is 11.3. The molecular formula is C14H22FNO. The minimum atomic E-state index is -0.217. The Kier molecular flexibility index (Phi) is 4.52. The van der Waals surface area contributed by atoms with E-state index in [4.69, 9.17) is 4.74 Å². The summed E-state index contributed by atoms with van der Waals surface area (Å²) >= 11 is 0. The van der Waals surface area contributed by atoms with E-state index < -0.39 is 0 Å². The number of methoxy groups -OCH3 is 1. The Hall–Kier alpha value is -1.09. The van der Waals surface area contributed by atoms with Crippen LogP contribution in [0.1, 0.15) is 39.3 Å². The van der Waals surface area contributed by atoms with Gasteiger partial charge in [0, 0.05) is 11.6 Å². The van der Waals surface area contributed by atoms with Crippen molar-refractivity contribution in [2.45, 2.75) is 33.7 Å². The highest BCUT2D eigenvalue weighted by atomic mass is 19.1. The van der Waals surface area contributed by atoms with Crippen LogP contribution >= 0.6 is 0 Å². The van der Waals surface area contributed by atoms with Gasteiger partial charge in [-0.1, -0.05) is 33.8 Å². The summed E-state index contributed by atoms with van der Waals surface area (Å²) in [6.07, 6.45) is 0. The molecule has 1 aromatic rings. The van der Waals surface area contributed by atoms with Crippen molar-refractivity contribution in [2.75, 3.05) is 13.7 Å². The van der Waals surface area contributed by atoms with E-state index in [0.29, 0.717) is 11.3 Å². The first-order chi connectivity index (χ1) is 7.91. The SMILES string of the molecule is CCNC(c1c(F)cccc1OC)C(C)(C)C. The minimum Gasteiger partial charge on any atom is -0.496 e. The second-order valence-electron chi connectivity index (χ2n) is 5.21. The average Bonchev–Trinajstić information content (AvgIpc) is 2.25. The molecule has 96 valence electrons. The molecule has 1 rings (SSSR count).